The molecule has 0 aromatic carbocycles. The van der Waals surface area contributed by atoms with E-state index in [0.717, 1.165) is 6.54 Å². The lowest BCUT2D eigenvalue weighted by Crippen LogP contribution is -3.00. The molecule has 1 aromatic rings. The van der Waals surface area contributed by atoms with Gasteiger partial charge in [0.2, 0.25) is 6.33 Å². The van der Waals surface area contributed by atoms with E-state index in [0.29, 0.717) is 0 Å². The van der Waals surface area contributed by atoms with Gasteiger partial charge in [-0.2, -0.15) is 0 Å². The molecular formula is C8H15ClN2. The number of imidazole rings is 1. The van der Waals surface area contributed by atoms with Crippen molar-refractivity contribution in [3.63, 3.8) is 0 Å². The predicted molar refractivity (Wildman–Crippen MR) is 40.8 cm³/mol. The van der Waals surface area contributed by atoms with Crippen molar-refractivity contribution in [3.05, 3.63) is 17.7 Å². The van der Waals surface area contributed by atoms with E-state index in [4.69, 9.17) is 0 Å². The maximum absolute atomic E-state index is 2.25. The maximum Gasteiger partial charge on any atom is 0.243 e. The van der Waals surface area contributed by atoms with Gasteiger partial charge in [-0.15, -0.1) is 0 Å². The molecule has 0 fully saturated rings. The van der Waals surface area contributed by atoms with E-state index in [9.17, 15) is 0 Å². The molecule has 0 aliphatic carbocycles. The molecule has 0 radical (unpaired) electrons. The number of rotatable bonds is 1. The molecule has 1 aromatic heterocycles. The van der Waals surface area contributed by atoms with Crippen LogP contribution in [-0.4, -0.2) is 4.57 Å². The Morgan fingerprint density at radius 1 is 1.45 bits per heavy atom. The molecule has 0 aliphatic heterocycles. The van der Waals surface area contributed by atoms with E-state index in [1.807, 2.05) is 0 Å². The lowest BCUT2D eigenvalue weighted by molar-refractivity contribution is -0.677. The molecule has 0 unspecified atom stereocenters. The number of aryl methyl sites for hydroxylation is 2. The molecule has 0 aliphatic rings. The summed E-state index contributed by atoms with van der Waals surface area (Å²) in [6.07, 6.45) is 2.13. The van der Waals surface area contributed by atoms with Gasteiger partial charge in [-0.25, -0.2) is 9.13 Å². The van der Waals surface area contributed by atoms with Gasteiger partial charge in [0, 0.05) is 13.8 Å². The zero-order valence-electron chi connectivity index (χ0n) is 7.56. The molecule has 2 nitrogen and oxygen atoms in total. The van der Waals surface area contributed by atoms with Crippen LogP contribution in [-0.2, 0) is 13.6 Å². The van der Waals surface area contributed by atoms with Crippen molar-refractivity contribution in [2.24, 2.45) is 7.05 Å². The van der Waals surface area contributed by atoms with Crippen LogP contribution in [0.5, 0.6) is 0 Å². The van der Waals surface area contributed by atoms with Crippen molar-refractivity contribution < 1.29 is 17.0 Å². The first kappa shape index (κ1) is 10.5. The summed E-state index contributed by atoms with van der Waals surface area (Å²) in [7, 11) is 2.08. The minimum atomic E-state index is 0. The van der Waals surface area contributed by atoms with Crippen molar-refractivity contribution in [1.29, 1.82) is 0 Å². The summed E-state index contributed by atoms with van der Waals surface area (Å²) < 4.78 is 4.40. The first-order valence-electron chi connectivity index (χ1n) is 3.68. The molecule has 0 N–H and O–H groups in total. The van der Waals surface area contributed by atoms with E-state index in [1.54, 1.807) is 0 Å². The Kier molecular flexibility index (Phi) is 3.59. The minimum Gasteiger partial charge on any atom is -1.00 e. The first-order valence-corrected chi connectivity index (χ1v) is 3.68. The molecule has 0 bridgehead atoms. The maximum atomic E-state index is 2.25. The Morgan fingerprint density at radius 2 is 2.00 bits per heavy atom. The smallest absolute Gasteiger partial charge is 0.243 e. The highest BCUT2D eigenvalue weighted by atomic mass is 35.5. The third kappa shape index (κ3) is 1.74. The number of halogens is 1. The molecule has 1 heterocycles. The van der Waals surface area contributed by atoms with Crippen molar-refractivity contribution in [1.82, 2.24) is 4.57 Å². The second-order valence-electron chi connectivity index (χ2n) is 2.68. The van der Waals surface area contributed by atoms with Crippen LogP contribution in [0, 0.1) is 13.8 Å². The van der Waals surface area contributed by atoms with Gasteiger partial charge in [0.25, 0.3) is 0 Å². The first-order chi connectivity index (χ1) is 4.66. The fraction of sp³-hybridized carbons (Fsp3) is 0.625. The van der Waals surface area contributed by atoms with Gasteiger partial charge in [-0.05, 0) is 6.92 Å². The summed E-state index contributed by atoms with van der Waals surface area (Å²) in [6, 6.07) is 0. The normalized spacial score (nSPS) is 9.45. The molecule has 0 saturated carbocycles. The summed E-state index contributed by atoms with van der Waals surface area (Å²) in [5.74, 6) is 0. The zero-order chi connectivity index (χ0) is 7.72. The fourth-order valence-electron chi connectivity index (χ4n) is 1.16. The number of hydrogen-bond donors (Lipinski definition) is 0. The highest BCUT2D eigenvalue weighted by Crippen LogP contribution is 2.00. The van der Waals surface area contributed by atoms with E-state index in [-0.39, 0.29) is 12.4 Å². The molecule has 1 rings (SSSR count). The van der Waals surface area contributed by atoms with Gasteiger partial charge in [-0.1, -0.05) is 0 Å². The second-order valence-corrected chi connectivity index (χ2v) is 2.68. The molecule has 0 spiro atoms. The Labute approximate surface area is 74.3 Å². The summed E-state index contributed by atoms with van der Waals surface area (Å²) in [5, 5.41) is 0. The molecule has 64 valence electrons. The van der Waals surface area contributed by atoms with Crippen molar-refractivity contribution in [2.75, 3.05) is 0 Å². The van der Waals surface area contributed by atoms with E-state index in [2.05, 4.69) is 43.3 Å². The SMILES string of the molecule is CCn1c[n+](C)c(C)c1C.[Cl-]. The summed E-state index contributed by atoms with van der Waals surface area (Å²) in [6.45, 7) is 7.51. The largest absolute Gasteiger partial charge is 1.00 e. The Hall–Kier alpha value is -0.500. The van der Waals surface area contributed by atoms with Crippen LogP contribution in [0.15, 0.2) is 6.33 Å². The minimum absolute atomic E-state index is 0. The Balaban J connectivity index is 0.000001000. The van der Waals surface area contributed by atoms with Crippen LogP contribution in [0.4, 0.5) is 0 Å². The van der Waals surface area contributed by atoms with Crippen LogP contribution in [0.1, 0.15) is 18.3 Å². The molecule has 0 amide bonds. The third-order valence-electron chi connectivity index (χ3n) is 2.14. The third-order valence-corrected chi connectivity index (χ3v) is 2.14. The second kappa shape index (κ2) is 3.77. The van der Waals surface area contributed by atoms with Crippen molar-refractivity contribution in [2.45, 2.75) is 27.3 Å². The Morgan fingerprint density at radius 3 is 2.18 bits per heavy atom. The standard InChI is InChI=1S/C8H15N2.ClH/c1-5-10-6-9(4)7(2)8(10)3;/h6H,5H2,1-4H3;1H/q+1;/p-1. The predicted octanol–water partition coefficient (Wildman–Crippen LogP) is -2.05. The van der Waals surface area contributed by atoms with E-state index < -0.39 is 0 Å². The lowest BCUT2D eigenvalue weighted by Gasteiger charge is -1.88. The van der Waals surface area contributed by atoms with Crippen LogP contribution < -0.4 is 17.0 Å². The average Bonchev–Trinajstić information content (AvgIpc) is 2.17. The van der Waals surface area contributed by atoms with Gasteiger partial charge < -0.3 is 12.4 Å². The van der Waals surface area contributed by atoms with Crippen LogP contribution in [0.3, 0.4) is 0 Å². The van der Waals surface area contributed by atoms with Gasteiger partial charge in [-0.3, -0.25) is 0 Å². The van der Waals surface area contributed by atoms with Gasteiger partial charge in [0.05, 0.1) is 13.6 Å². The monoisotopic (exact) mass is 174 g/mol. The fourth-order valence-corrected chi connectivity index (χ4v) is 1.16. The van der Waals surface area contributed by atoms with Crippen LogP contribution in [0.2, 0.25) is 0 Å². The lowest BCUT2D eigenvalue weighted by atomic mass is 10.4. The van der Waals surface area contributed by atoms with Gasteiger partial charge >= 0.3 is 0 Å². The molecule has 11 heavy (non-hydrogen) atoms. The quantitative estimate of drug-likeness (QED) is 0.434. The zero-order valence-corrected chi connectivity index (χ0v) is 8.31. The highest BCUT2D eigenvalue weighted by molar-refractivity contribution is 5.02. The summed E-state index contributed by atoms with van der Waals surface area (Å²) in [4.78, 5) is 0. The van der Waals surface area contributed by atoms with E-state index >= 15 is 0 Å². The van der Waals surface area contributed by atoms with Gasteiger partial charge in [0.1, 0.15) is 11.4 Å². The Bertz CT molecular complexity index is 240. The molecule has 0 saturated heterocycles. The number of hydrogen-bond acceptors (Lipinski definition) is 0. The highest BCUT2D eigenvalue weighted by Gasteiger charge is 2.09. The van der Waals surface area contributed by atoms with Crippen molar-refractivity contribution in [3.8, 4) is 0 Å². The van der Waals surface area contributed by atoms with Gasteiger partial charge in [0.15, 0.2) is 0 Å². The number of aromatic nitrogens is 2. The topological polar surface area (TPSA) is 8.81 Å². The molecular weight excluding hydrogens is 160 g/mol. The molecule has 0 atom stereocenters. The van der Waals surface area contributed by atoms with Crippen LogP contribution in [0.25, 0.3) is 0 Å². The summed E-state index contributed by atoms with van der Waals surface area (Å²) in [5.41, 5.74) is 2.71. The van der Waals surface area contributed by atoms with Crippen LogP contribution >= 0.6 is 0 Å². The number of nitrogens with zero attached hydrogens (tertiary/aromatic N) is 2. The van der Waals surface area contributed by atoms with E-state index in [1.165, 1.54) is 11.4 Å². The summed E-state index contributed by atoms with van der Waals surface area (Å²) >= 11 is 0. The molecule has 3 heteroatoms. The average molecular weight is 175 g/mol. The van der Waals surface area contributed by atoms with Crippen molar-refractivity contribution >= 4 is 0 Å².